The van der Waals surface area contributed by atoms with Crippen LogP contribution in [-0.4, -0.2) is 32.1 Å². The first-order chi connectivity index (χ1) is 11.2. The van der Waals surface area contributed by atoms with Gasteiger partial charge >= 0.3 is 0 Å². The van der Waals surface area contributed by atoms with Gasteiger partial charge in [0, 0.05) is 19.5 Å². The molecule has 0 bridgehead atoms. The lowest BCUT2D eigenvalue weighted by atomic mass is 9.84. The van der Waals surface area contributed by atoms with Crippen molar-refractivity contribution in [1.29, 1.82) is 0 Å². The van der Waals surface area contributed by atoms with Crippen molar-refractivity contribution < 1.29 is 4.79 Å². The summed E-state index contributed by atoms with van der Waals surface area (Å²) in [5.74, 6) is 1.29. The number of carbonyl (C=O) groups is 1. The molecule has 2 aliphatic heterocycles. The lowest BCUT2D eigenvalue weighted by molar-refractivity contribution is -0.117. The van der Waals surface area contributed by atoms with E-state index in [-0.39, 0.29) is 5.91 Å². The SMILES string of the molecule is CC(CC(=O)Nc1ccccc1N1CCCC1)C1CCNCC1. The van der Waals surface area contributed by atoms with Crippen LogP contribution in [0.4, 0.5) is 11.4 Å². The Morgan fingerprint density at radius 2 is 1.96 bits per heavy atom. The number of piperidine rings is 1. The van der Waals surface area contributed by atoms with Crippen molar-refractivity contribution in [3.05, 3.63) is 24.3 Å². The summed E-state index contributed by atoms with van der Waals surface area (Å²) in [6.07, 6.45) is 5.50. The van der Waals surface area contributed by atoms with Crippen molar-refractivity contribution >= 4 is 17.3 Å². The summed E-state index contributed by atoms with van der Waals surface area (Å²) in [7, 11) is 0. The smallest absolute Gasteiger partial charge is 0.224 e. The molecule has 1 aromatic rings. The number of anilines is 2. The van der Waals surface area contributed by atoms with E-state index in [1.165, 1.54) is 31.4 Å². The van der Waals surface area contributed by atoms with Gasteiger partial charge in [-0.2, -0.15) is 0 Å². The third-order valence-corrected chi connectivity index (χ3v) is 5.32. The maximum absolute atomic E-state index is 12.5. The van der Waals surface area contributed by atoms with Gasteiger partial charge in [-0.25, -0.2) is 0 Å². The second-order valence-electron chi connectivity index (χ2n) is 7.03. The Bertz CT molecular complexity index is 519. The lowest BCUT2D eigenvalue weighted by Crippen LogP contribution is -2.32. The fourth-order valence-electron chi connectivity index (χ4n) is 3.89. The summed E-state index contributed by atoms with van der Waals surface area (Å²) in [6.45, 7) is 6.60. The minimum Gasteiger partial charge on any atom is -0.370 e. The molecule has 1 atom stereocenters. The van der Waals surface area contributed by atoms with Gasteiger partial charge < -0.3 is 15.5 Å². The van der Waals surface area contributed by atoms with E-state index in [2.05, 4.69) is 34.6 Å². The highest BCUT2D eigenvalue weighted by Gasteiger charge is 2.23. The van der Waals surface area contributed by atoms with E-state index in [0.29, 0.717) is 18.3 Å². The molecule has 2 aliphatic rings. The van der Waals surface area contributed by atoms with Gasteiger partial charge in [0.15, 0.2) is 0 Å². The van der Waals surface area contributed by atoms with Crippen LogP contribution in [0.1, 0.15) is 39.0 Å². The van der Waals surface area contributed by atoms with E-state index >= 15 is 0 Å². The summed E-state index contributed by atoms with van der Waals surface area (Å²) in [4.78, 5) is 14.9. The third kappa shape index (κ3) is 4.25. The molecule has 1 unspecified atom stereocenters. The molecular formula is C19H29N3O. The molecule has 3 rings (SSSR count). The highest BCUT2D eigenvalue weighted by atomic mass is 16.1. The predicted octanol–water partition coefficient (Wildman–Crippen LogP) is 3.25. The maximum Gasteiger partial charge on any atom is 0.224 e. The Labute approximate surface area is 139 Å². The maximum atomic E-state index is 12.5. The van der Waals surface area contributed by atoms with Gasteiger partial charge in [-0.15, -0.1) is 0 Å². The number of benzene rings is 1. The summed E-state index contributed by atoms with van der Waals surface area (Å²) >= 11 is 0. The van der Waals surface area contributed by atoms with E-state index in [4.69, 9.17) is 0 Å². The van der Waals surface area contributed by atoms with Crippen molar-refractivity contribution in [2.75, 3.05) is 36.4 Å². The minimum absolute atomic E-state index is 0.155. The summed E-state index contributed by atoms with van der Waals surface area (Å²) in [5, 5.41) is 6.56. The van der Waals surface area contributed by atoms with E-state index in [9.17, 15) is 4.79 Å². The predicted molar refractivity (Wildman–Crippen MR) is 95.9 cm³/mol. The molecule has 2 N–H and O–H groups in total. The van der Waals surface area contributed by atoms with Crippen LogP contribution in [0.15, 0.2) is 24.3 Å². The van der Waals surface area contributed by atoms with Crippen LogP contribution in [0.3, 0.4) is 0 Å². The second-order valence-corrected chi connectivity index (χ2v) is 7.03. The highest BCUT2D eigenvalue weighted by Crippen LogP contribution is 2.30. The van der Waals surface area contributed by atoms with E-state index in [0.717, 1.165) is 31.9 Å². The van der Waals surface area contributed by atoms with Crippen molar-refractivity contribution in [1.82, 2.24) is 5.32 Å². The van der Waals surface area contributed by atoms with Gasteiger partial charge in [-0.3, -0.25) is 4.79 Å². The summed E-state index contributed by atoms with van der Waals surface area (Å²) in [5.41, 5.74) is 2.14. The number of hydrogen-bond donors (Lipinski definition) is 2. The number of nitrogens with one attached hydrogen (secondary N) is 2. The third-order valence-electron chi connectivity index (χ3n) is 5.32. The van der Waals surface area contributed by atoms with Gasteiger partial charge in [-0.05, 0) is 62.7 Å². The summed E-state index contributed by atoms with van der Waals surface area (Å²) in [6, 6.07) is 8.21. The molecule has 2 fully saturated rings. The van der Waals surface area contributed by atoms with Crippen LogP contribution in [-0.2, 0) is 4.79 Å². The van der Waals surface area contributed by atoms with Crippen LogP contribution in [0.2, 0.25) is 0 Å². The number of nitrogens with zero attached hydrogens (tertiary/aromatic N) is 1. The normalized spacial score (nSPS) is 20.5. The zero-order valence-corrected chi connectivity index (χ0v) is 14.2. The van der Waals surface area contributed by atoms with Crippen LogP contribution in [0.5, 0.6) is 0 Å². The fourth-order valence-corrected chi connectivity index (χ4v) is 3.89. The van der Waals surface area contributed by atoms with Gasteiger partial charge in [-0.1, -0.05) is 19.1 Å². The van der Waals surface area contributed by atoms with Crippen LogP contribution in [0.25, 0.3) is 0 Å². The molecule has 1 amide bonds. The Balaban J connectivity index is 1.59. The highest BCUT2D eigenvalue weighted by molar-refractivity contribution is 5.94. The van der Waals surface area contributed by atoms with Crippen molar-refractivity contribution in [3.8, 4) is 0 Å². The molecule has 4 nitrogen and oxygen atoms in total. The molecule has 0 spiro atoms. The zero-order chi connectivity index (χ0) is 16.1. The number of rotatable bonds is 5. The Kier molecular flexibility index (Phi) is 5.55. The van der Waals surface area contributed by atoms with Crippen molar-refractivity contribution in [3.63, 3.8) is 0 Å². The first kappa shape index (κ1) is 16.3. The van der Waals surface area contributed by atoms with Gasteiger partial charge in [0.25, 0.3) is 0 Å². The Hall–Kier alpha value is -1.55. The first-order valence-corrected chi connectivity index (χ1v) is 9.08. The zero-order valence-electron chi connectivity index (χ0n) is 14.2. The average Bonchev–Trinajstić information content (AvgIpc) is 3.10. The molecule has 0 aliphatic carbocycles. The monoisotopic (exact) mass is 315 g/mol. The van der Waals surface area contributed by atoms with E-state index < -0.39 is 0 Å². The fraction of sp³-hybridized carbons (Fsp3) is 0.632. The van der Waals surface area contributed by atoms with Gasteiger partial charge in [0.2, 0.25) is 5.91 Å². The molecule has 126 valence electrons. The molecule has 23 heavy (non-hydrogen) atoms. The average molecular weight is 315 g/mol. The quantitative estimate of drug-likeness (QED) is 0.876. The molecule has 4 heteroatoms. The number of para-hydroxylation sites is 2. The standard InChI is InChI=1S/C19H29N3O/c1-15(16-8-10-20-11-9-16)14-19(23)21-17-6-2-3-7-18(17)22-12-4-5-13-22/h2-3,6-7,15-16,20H,4-5,8-14H2,1H3,(H,21,23). The number of amides is 1. The topological polar surface area (TPSA) is 44.4 Å². The Morgan fingerprint density at radius 1 is 1.26 bits per heavy atom. The second kappa shape index (κ2) is 7.82. The lowest BCUT2D eigenvalue weighted by Gasteiger charge is -2.28. The van der Waals surface area contributed by atoms with Crippen LogP contribution >= 0.6 is 0 Å². The van der Waals surface area contributed by atoms with Crippen LogP contribution in [0, 0.1) is 11.8 Å². The number of carbonyl (C=O) groups excluding carboxylic acids is 1. The first-order valence-electron chi connectivity index (χ1n) is 9.08. The molecule has 0 aromatic heterocycles. The largest absolute Gasteiger partial charge is 0.370 e. The van der Waals surface area contributed by atoms with Crippen molar-refractivity contribution in [2.24, 2.45) is 11.8 Å². The summed E-state index contributed by atoms with van der Waals surface area (Å²) < 4.78 is 0. The minimum atomic E-state index is 0.155. The van der Waals surface area contributed by atoms with Crippen LogP contribution < -0.4 is 15.5 Å². The molecule has 0 saturated carbocycles. The molecule has 2 saturated heterocycles. The molecular weight excluding hydrogens is 286 g/mol. The van der Waals surface area contributed by atoms with E-state index in [1.54, 1.807) is 0 Å². The van der Waals surface area contributed by atoms with Gasteiger partial charge in [0.1, 0.15) is 0 Å². The molecule has 0 radical (unpaired) electrons. The van der Waals surface area contributed by atoms with Crippen molar-refractivity contribution in [2.45, 2.75) is 39.0 Å². The van der Waals surface area contributed by atoms with E-state index in [1.807, 2.05) is 12.1 Å². The number of hydrogen-bond acceptors (Lipinski definition) is 3. The Morgan fingerprint density at radius 3 is 2.70 bits per heavy atom. The molecule has 1 aromatic carbocycles. The molecule has 2 heterocycles. The van der Waals surface area contributed by atoms with Gasteiger partial charge in [0.05, 0.1) is 11.4 Å².